The molecule has 4 aromatic rings. The molecule has 9 heteroatoms. The number of ether oxygens (including phenoxy) is 2. The molecule has 4 N–H and O–H groups in total. The molecule has 1 aliphatic rings. The molecule has 2 unspecified atom stereocenters. The largest absolute Gasteiger partial charge is 0.493 e. The van der Waals surface area contributed by atoms with Crippen molar-refractivity contribution in [3.05, 3.63) is 77.9 Å². The Kier molecular flexibility index (Phi) is 7.42. The quantitative estimate of drug-likeness (QED) is 0.304. The van der Waals surface area contributed by atoms with Crippen molar-refractivity contribution in [2.45, 2.75) is 50.0 Å². The van der Waals surface area contributed by atoms with Crippen LogP contribution in [0, 0.1) is 0 Å². The summed E-state index contributed by atoms with van der Waals surface area (Å²) in [5.41, 5.74) is 8.15. The van der Waals surface area contributed by atoms with Crippen molar-refractivity contribution in [2.24, 2.45) is 0 Å². The molecule has 1 amide bonds. The maximum atomic E-state index is 12.9. The molecule has 2 atom stereocenters. The minimum absolute atomic E-state index is 0.0366. The SMILES string of the molecule is COc1cc2nc(C(C)(c3ccc[nH]3)C3(c4ccccc4)CCN(C(=O)CC(C)O)CC3)nc(N)c2cc1OC. The second kappa shape index (κ2) is 10.8. The molecule has 0 radical (unpaired) electrons. The fourth-order valence-electron chi connectivity index (χ4n) is 6.29. The number of carbonyl (C=O) groups excluding carboxylic acids is 1. The first kappa shape index (κ1) is 27.5. The number of likely N-dealkylation sites (tertiary alicyclic amines) is 1. The Morgan fingerprint density at radius 2 is 1.77 bits per heavy atom. The number of methoxy groups -OCH3 is 2. The summed E-state index contributed by atoms with van der Waals surface area (Å²) in [7, 11) is 3.18. The first-order valence-corrected chi connectivity index (χ1v) is 13.6. The van der Waals surface area contributed by atoms with Crippen LogP contribution in [0.3, 0.4) is 0 Å². The van der Waals surface area contributed by atoms with Crippen LogP contribution in [0.15, 0.2) is 60.8 Å². The van der Waals surface area contributed by atoms with Crippen molar-refractivity contribution in [3.63, 3.8) is 0 Å². The summed E-state index contributed by atoms with van der Waals surface area (Å²) in [5.74, 6) is 2.01. The Bertz CT molecular complexity index is 1480. The number of aromatic nitrogens is 3. The number of rotatable bonds is 8. The number of amides is 1. The lowest BCUT2D eigenvalue weighted by atomic mass is 9.54. The molecule has 0 saturated carbocycles. The monoisotopic (exact) mass is 543 g/mol. The normalized spacial score (nSPS) is 17.3. The van der Waals surface area contributed by atoms with Crippen molar-refractivity contribution >= 4 is 22.6 Å². The number of carbonyl (C=O) groups is 1. The number of H-pyrrole nitrogens is 1. The van der Waals surface area contributed by atoms with Crippen molar-refractivity contribution in [2.75, 3.05) is 33.0 Å². The van der Waals surface area contributed by atoms with Crippen molar-refractivity contribution in [3.8, 4) is 11.5 Å². The zero-order chi connectivity index (χ0) is 28.5. The van der Waals surface area contributed by atoms with Gasteiger partial charge in [0, 0.05) is 41.8 Å². The summed E-state index contributed by atoms with van der Waals surface area (Å²) in [6.07, 6.45) is 2.69. The van der Waals surface area contributed by atoms with Gasteiger partial charge >= 0.3 is 0 Å². The zero-order valence-electron chi connectivity index (χ0n) is 23.5. The third-order valence-corrected chi connectivity index (χ3v) is 8.54. The topological polar surface area (TPSA) is 127 Å². The Morgan fingerprint density at radius 1 is 1.10 bits per heavy atom. The number of benzene rings is 2. The van der Waals surface area contributed by atoms with E-state index in [-0.39, 0.29) is 12.3 Å². The zero-order valence-corrected chi connectivity index (χ0v) is 23.5. The smallest absolute Gasteiger partial charge is 0.225 e. The fourth-order valence-corrected chi connectivity index (χ4v) is 6.29. The highest BCUT2D eigenvalue weighted by Gasteiger charge is 2.55. The van der Waals surface area contributed by atoms with Gasteiger partial charge in [-0.25, -0.2) is 9.97 Å². The van der Waals surface area contributed by atoms with E-state index in [1.165, 1.54) is 0 Å². The van der Waals surface area contributed by atoms with E-state index in [4.69, 9.17) is 25.2 Å². The van der Waals surface area contributed by atoms with Gasteiger partial charge in [0.15, 0.2) is 11.5 Å². The number of nitrogens with two attached hydrogens (primary N) is 1. The minimum Gasteiger partial charge on any atom is -0.493 e. The van der Waals surface area contributed by atoms with Crippen LogP contribution in [-0.4, -0.2) is 64.3 Å². The molecule has 0 spiro atoms. The standard InChI is InChI=1S/C31H37N5O4/c1-20(37)17-27(38)36-15-12-31(13-16-36,21-9-6-5-7-10-21)30(2,26-11-8-14-33-26)29-34-23-19-25(40-4)24(39-3)18-22(23)28(32)35-29/h5-11,14,18-20,33,37H,12-13,15-17H2,1-4H3,(H2,32,34,35). The molecule has 9 nitrogen and oxygen atoms in total. The van der Waals surface area contributed by atoms with Crippen molar-refractivity contribution in [1.29, 1.82) is 0 Å². The third kappa shape index (κ3) is 4.54. The van der Waals surface area contributed by atoms with Crippen molar-refractivity contribution in [1.82, 2.24) is 19.9 Å². The van der Waals surface area contributed by atoms with Gasteiger partial charge in [-0.3, -0.25) is 4.79 Å². The van der Waals surface area contributed by atoms with Crippen molar-refractivity contribution < 1.29 is 19.4 Å². The van der Waals surface area contributed by atoms with E-state index in [1.54, 1.807) is 27.2 Å². The van der Waals surface area contributed by atoms with Crippen LogP contribution in [0.1, 0.15) is 50.2 Å². The van der Waals surface area contributed by atoms with E-state index in [0.29, 0.717) is 60.0 Å². The van der Waals surface area contributed by atoms with Crippen LogP contribution in [0.4, 0.5) is 5.82 Å². The summed E-state index contributed by atoms with van der Waals surface area (Å²) in [6.45, 7) is 4.90. The van der Waals surface area contributed by atoms with Crippen LogP contribution in [0.5, 0.6) is 11.5 Å². The molecule has 2 aromatic heterocycles. The van der Waals surface area contributed by atoms with Gasteiger partial charge in [0.1, 0.15) is 11.6 Å². The number of aliphatic hydroxyl groups excluding tert-OH is 1. The van der Waals surface area contributed by atoms with Crippen LogP contribution >= 0.6 is 0 Å². The second-order valence-electron chi connectivity index (χ2n) is 10.7. The number of nitrogens with one attached hydrogen (secondary N) is 1. The predicted octanol–water partition coefficient (Wildman–Crippen LogP) is 4.19. The molecule has 1 aliphatic heterocycles. The van der Waals surface area contributed by atoms with Crippen LogP contribution in [-0.2, 0) is 15.6 Å². The molecule has 1 saturated heterocycles. The van der Waals surface area contributed by atoms with E-state index in [2.05, 4.69) is 30.1 Å². The molecule has 40 heavy (non-hydrogen) atoms. The predicted molar refractivity (Wildman–Crippen MR) is 155 cm³/mol. The summed E-state index contributed by atoms with van der Waals surface area (Å²) < 4.78 is 11.1. The van der Waals surface area contributed by atoms with E-state index in [9.17, 15) is 9.90 Å². The molecular formula is C31H37N5O4. The van der Waals surface area contributed by atoms with Crippen LogP contribution in [0.25, 0.3) is 10.9 Å². The third-order valence-electron chi connectivity index (χ3n) is 8.54. The summed E-state index contributed by atoms with van der Waals surface area (Å²) in [6, 6.07) is 18.1. The average molecular weight is 544 g/mol. The molecule has 210 valence electrons. The molecular weight excluding hydrogens is 506 g/mol. The number of fused-ring (bicyclic) bond motifs is 1. The summed E-state index contributed by atoms with van der Waals surface area (Å²) in [5, 5.41) is 10.5. The highest BCUT2D eigenvalue weighted by Crippen LogP contribution is 2.53. The molecule has 3 heterocycles. The lowest BCUT2D eigenvalue weighted by Gasteiger charge is -2.52. The second-order valence-corrected chi connectivity index (χ2v) is 10.7. The minimum atomic E-state index is -0.743. The Morgan fingerprint density at radius 3 is 2.38 bits per heavy atom. The Labute approximate surface area is 234 Å². The molecule has 2 aromatic carbocycles. The van der Waals surface area contributed by atoms with E-state index < -0.39 is 16.9 Å². The van der Waals surface area contributed by atoms with E-state index in [0.717, 1.165) is 11.3 Å². The summed E-state index contributed by atoms with van der Waals surface area (Å²) in [4.78, 5) is 28.3. The molecule has 0 bridgehead atoms. The van der Waals surface area contributed by atoms with E-state index in [1.807, 2.05) is 41.4 Å². The number of piperidine rings is 1. The number of nitrogens with zero attached hydrogens (tertiary/aromatic N) is 3. The lowest BCUT2D eigenvalue weighted by molar-refractivity contribution is -0.135. The number of hydrogen-bond acceptors (Lipinski definition) is 7. The molecule has 0 aliphatic carbocycles. The van der Waals surface area contributed by atoms with Gasteiger partial charge in [0.2, 0.25) is 5.91 Å². The average Bonchev–Trinajstić information content (AvgIpc) is 3.52. The van der Waals surface area contributed by atoms with Gasteiger partial charge in [-0.1, -0.05) is 30.3 Å². The highest BCUT2D eigenvalue weighted by molar-refractivity contribution is 5.91. The number of nitrogen functional groups attached to an aromatic ring is 1. The maximum absolute atomic E-state index is 12.9. The van der Waals surface area contributed by atoms with E-state index >= 15 is 0 Å². The van der Waals surface area contributed by atoms with Gasteiger partial charge in [0.05, 0.1) is 37.7 Å². The number of aliphatic hydroxyl groups is 1. The Hall–Kier alpha value is -4.11. The van der Waals surface area contributed by atoms with Crippen LogP contribution < -0.4 is 15.2 Å². The lowest BCUT2D eigenvalue weighted by Crippen LogP contribution is -2.56. The van der Waals surface area contributed by atoms with Gasteiger partial charge in [-0.2, -0.15) is 0 Å². The summed E-state index contributed by atoms with van der Waals surface area (Å²) >= 11 is 0. The van der Waals surface area contributed by atoms with Crippen LogP contribution in [0.2, 0.25) is 0 Å². The maximum Gasteiger partial charge on any atom is 0.225 e. The van der Waals surface area contributed by atoms with Gasteiger partial charge in [-0.15, -0.1) is 0 Å². The first-order chi connectivity index (χ1) is 19.2. The highest BCUT2D eigenvalue weighted by atomic mass is 16.5. The number of anilines is 1. The van der Waals surface area contributed by atoms with Gasteiger partial charge < -0.3 is 30.2 Å². The van der Waals surface area contributed by atoms with Gasteiger partial charge in [-0.05, 0) is 50.5 Å². The fraction of sp³-hybridized carbons (Fsp3) is 0.387. The molecule has 5 rings (SSSR count). The number of aromatic amines is 1. The number of hydrogen-bond donors (Lipinski definition) is 3. The van der Waals surface area contributed by atoms with Gasteiger partial charge in [0.25, 0.3) is 0 Å². The molecule has 1 fully saturated rings. The Balaban J connectivity index is 1.71. The first-order valence-electron chi connectivity index (χ1n) is 13.6.